The molecular weight excluding hydrogens is 242 g/mol. The Hall–Kier alpha value is -1.94. The number of aromatic nitrogens is 2. The van der Waals surface area contributed by atoms with Gasteiger partial charge in [0.05, 0.1) is 11.0 Å². The zero-order valence-electron chi connectivity index (χ0n) is 9.97. The molecule has 1 aromatic heterocycles. The Morgan fingerprint density at radius 1 is 1.11 bits per heavy atom. The van der Waals surface area contributed by atoms with E-state index in [1.807, 2.05) is 30.3 Å². The van der Waals surface area contributed by atoms with Gasteiger partial charge in [-0.15, -0.1) is 0 Å². The average molecular weight is 255 g/mol. The van der Waals surface area contributed by atoms with Crippen molar-refractivity contribution in [1.82, 2.24) is 9.97 Å². The lowest BCUT2D eigenvalue weighted by atomic mass is 10.2. The van der Waals surface area contributed by atoms with Crippen molar-refractivity contribution in [1.29, 1.82) is 0 Å². The summed E-state index contributed by atoms with van der Waals surface area (Å²) in [6.07, 6.45) is 0. The number of H-pyrrole nitrogens is 1. The Bertz CT molecular complexity index is 686. The van der Waals surface area contributed by atoms with Crippen molar-refractivity contribution in [2.24, 2.45) is 0 Å². The maximum absolute atomic E-state index is 5.67. The number of fused-ring (bicyclic) bond motifs is 1. The molecule has 0 aliphatic rings. The number of hydrogen-bond acceptors (Lipinski definition) is 3. The first-order valence-electron chi connectivity index (χ1n) is 5.70. The quantitative estimate of drug-likeness (QED) is 0.688. The van der Waals surface area contributed by atoms with E-state index in [0.29, 0.717) is 0 Å². The fourth-order valence-corrected chi connectivity index (χ4v) is 2.60. The van der Waals surface area contributed by atoms with Gasteiger partial charge in [0.15, 0.2) is 5.16 Å². The van der Waals surface area contributed by atoms with Crippen LogP contribution in [0.5, 0.6) is 0 Å². The fraction of sp³-hybridized carbons (Fsp3) is 0.0714. The number of aromatic amines is 1. The molecule has 0 radical (unpaired) electrons. The van der Waals surface area contributed by atoms with Gasteiger partial charge in [0.2, 0.25) is 0 Å². The van der Waals surface area contributed by atoms with Crippen molar-refractivity contribution < 1.29 is 0 Å². The molecule has 0 bridgehead atoms. The minimum atomic E-state index is 0.777. The van der Waals surface area contributed by atoms with E-state index in [4.69, 9.17) is 5.73 Å². The first-order valence-corrected chi connectivity index (χ1v) is 6.52. The van der Waals surface area contributed by atoms with E-state index in [2.05, 4.69) is 29.0 Å². The molecule has 0 saturated heterocycles. The molecule has 0 aliphatic heterocycles. The van der Waals surface area contributed by atoms with Crippen LogP contribution in [0, 0.1) is 6.92 Å². The SMILES string of the molecule is Cc1ccc2nc(Sc3ccc(N)cc3)[nH]c2c1. The van der Waals surface area contributed by atoms with Gasteiger partial charge in [0.25, 0.3) is 0 Å². The first kappa shape index (κ1) is 11.2. The number of benzene rings is 2. The van der Waals surface area contributed by atoms with E-state index in [1.165, 1.54) is 5.56 Å². The number of hydrogen-bond donors (Lipinski definition) is 2. The monoisotopic (exact) mass is 255 g/mol. The van der Waals surface area contributed by atoms with Crippen LogP contribution in [0.3, 0.4) is 0 Å². The Kier molecular flexibility index (Phi) is 2.72. The molecular formula is C14H13N3S. The molecule has 3 rings (SSSR count). The minimum Gasteiger partial charge on any atom is -0.399 e. The number of rotatable bonds is 2. The Morgan fingerprint density at radius 2 is 1.89 bits per heavy atom. The average Bonchev–Trinajstić information content (AvgIpc) is 2.73. The third-order valence-corrected chi connectivity index (χ3v) is 3.60. The predicted molar refractivity (Wildman–Crippen MR) is 75.8 cm³/mol. The molecule has 2 aromatic carbocycles. The Balaban J connectivity index is 1.92. The smallest absolute Gasteiger partial charge is 0.171 e. The number of nitrogens with zero attached hydrogens (tertiary/aromatic N) is 1. The van der Waals surface area contributed by atoms with Crippen LogP contribution in [0.4, 0.5) is 5.69 Å². The molecule has 4 heteroatoms. The molecule has 1 heterocycles. The van der Waals surface area contributed by atoms with E-state index < -0.39 is 0 Å². The van der Waals surface area contributed by atoms with E-state index in [0.717, 1.165) is 26.8 Å². The van der Waals surface area contributed by atoms with E-state index >= 15 is 0 Å². The van der Waals surface area contributed by atoms with Gasteiger partial charge in [-0.05, 0) is 48.9 Å². The summed E-state index contributed by atoms with van der Waals surface area (Å²) in [5, 5.41) is 0.903. The van der Waals surface area contributed by atoms with Crippen molar-refractivity contribution >= 4 is 28.5 Å². The zero-order valence-corrected chi connectivity index (χ0v) is 10.8. The van der Waals surface area contributed by atoms with Crippen LogP contribution in [0.15, 0.2) is 52.5 Å². The van der Waals surface area contributed by atoms with E-state index in [-0.39, 0.29) is 0 Å². The normalized spacial score (nSPS) is 10.9. The Labute approximate surface area is 109 Å². The summed E-state index contributed by atoms with van der Waals surface area (Å²) in [5.41, 5.74) is 9.75. The second kappa shape index (κ2) is 4.38. The molecule has 0 aliphatic carbocycles. The summed E-state index contributed by atoms with van der Waals surface area (Å²) in [6.45, 7) is 2.08. The van der Waals surface area contributed by atoms with E-state index in [9.17, 15) is 0 Å². The highest BCUT2D eigenvalue weighted by molar-refractivity contribution is 7.99. The summed E-state index contributed by atoms with van der Waals surface area (Å²) in [5.74, 6) is 0. The summed E-state index contributed by atoms with van der Waals surface area (Å²) >= 11 is 1.61. The van der Waals surface area contributed by atoms with Gasteiger partial charge in [0.1, 0.15) is 0 Å². The first-order chi connectivity index (χ1) is 8.70. The van der Waals surface area contributed by atoms with Gasteiger partial charge in [-0.1, -0.05) is 17.8 Å². The van der Waals surface area contributed by atoms with Gasteiger partial charge in [-0.3, -0.25) is 0 Å². The summed E-state index contributed by atoms with van der Waals surface area (Å²) in [7, 11) is 0. The lowest BCUT2D eigenvalue weighted by molar-refractivity contribution is 1.08. The maximum atomic E-state index is 5.67. The molecule has 3 N–H and O–H groups in total. The van der Waals surface area contributed by atoms with Crippen LogP contribution in [0.2, 0.25) is 0 Å². The molecule has 18 heavy (non-hydrogen) atoms. The molecule has 3 aromatic rings. The largest absolute Gasteiger partial charge is 0.399 e. The second-order valence-electron chi connectivity index (χ2n) is 4.23. The third-order valence-electron chi connectivity index (χ3n) is 2.71. The van der Waals surface area contributed by atoms with Crippen molar-refractivity contribution in [3.05, 3.63) is 48.0 Å². The van der Waals surface area contributed by atoms with Crippen LogP contribution < -0.4 is 5.73 Å². The van der Waals surface area contributed by atoms with Gasteiger partial charge < -0.3 is 10.7 Å². The van der Waals surface area contributed by atoms with Gasteiger partial charge >= 0.3 is 0 Å². The molecule has 3 nitrogen and oxygen atoms in total. The van der Waals surface area contributed by atoms with Gasteiger partial charge in [0, 0.05) is 10.6 Å². The molecule has 0 fully saturated rings. The Morgan fingerprint density at radius 3 is 2.67 bits per heavy atom. The van der Waals surface area contributed by atoms with Crippen LogP contribution in [-0.4, -0.2) is 9.97 Å². The highest BCUT2D eigenvalue weighted by Gasteiger charge is 2.04. The lowest BCUT2D eigenvalue weighted by Crippen LogP contribution is -1.82. The van der Waals surface area contributed by atoms with Crippen LogP contribution in [-0.2, 0) is 0 Å². The van der Waals surface area contributed by atoms with Gasteiger partial charge in [-0.2, -0.15) is 0 Å². The van der Waals surface area contributed by atoms with Crippen molar-refractivity contribution in [3.63, 3.8) is 0 Å². The van der Waals surface area contributed by atoms with Crippen LogP contribution >= 0.6 is 11.8 Å². The van der Waals surface area contributed by atoms with Crippen molar-refractivity contribution in [2.45, 2.75) is 17.0 Å². The molecule has 0 spiro atoms. The number of nitrogens with one attached hydrogen (secondary N) is 1. The molecule has 0 amide bonds. The number of nitrogens with two attached hydrogens (primary N) is 1. The summed E-state index contributed by atoms with van der Waals surface area (Å²) < 4.78 is 0. The minimum absolute atomic E-state index is 0.777. The summed E-state index contributed by atoms with van der Waals surface area (Å²) in [6, 6.07) is 14.0. The summed E-state index contributed by atoms with van der Waals surface area (Å²) in [4.78, 5) is 8.99. The molecule has 0 saturated carbocycles. The number of anilines is 1. The second-order valence-corrected chi connectivity index (χ2v) is 5.30. The molecule has 0 atom stereocenters. The lowest BCUT2D eigenvalue weighted by Gasteiger charge is -1.97. The van der Waals surface area contributed by atoms with Crippen LogP contribution in [0.1, 0.15) is 5.56 Å². The molecule has 0 unspecified atom stereocenters. The number of imidazole rings is 1. The zero-order chi connectivity index (χ0) is 12.5. The maximum Gasteiger partial charge on any atom is 0.171 e. The fourth-order valence-electron chi connectivity index (χ4n) is 1.80. The molecule has 90 valence electrons. The standard InChI is InChI=1S/C14H13N3S/c1-9-2-7-12-13(8-9)17-14(16-12)18-11-5-3-10(15)4-6-11/h2-8H,15H2,1H3,(H,16,17). The predicted octanol–water partition coefficient (Wildman–Crippen LogP) is 3.60. The van der Waals surface area contributed by atoms with E-state index in [1.54, 1.807) is 11.8 Å². The van der Waals surface area contributed by atoms with Crippen LogP contribution in [0.25, 0.3) is 11.0 Å². The topological polar surface area (TPSA) is 54.7 Å². The van der Waals surface area contributed by atoms with Crippen molar-refractivity contribution in [2.75, 3.05) is 5.73 Å². The highest BCUT2D eigenvalue weighted by atomic mass is 32.2. The number of aryl methyl sites for hydroxylation is 1. The highest BCUT2D eigenvalue weighted by Crippen LogP contribution is 2.27. The van der Waals surface area contributed by atoms with Gasteiger partial charge in [-0.25, -0.2) is 4.98 Å². The van der Waals surface area contributed by atoms with Crippen molar-refractivity contribution in [3.8, 4) is 0 Å². The number of nitrogen functional groups attached to an aromatic ring is 1. The third kappa shape index (κ3) is 2.19.